The van der Waals surface area contributed by atoms with Gasteiger partial charge in [0.2, 0.25) is 0 Å². The van der Waals surface area contributed by atoms with E-state index in [0.717, 1.165) is 61.2 Å². The van der Waals surface area contributed by atoms with Gasteiger partial charge in [0.05, 0.1) is 5.92 Å². The lowest BCUT2D eigenvalue weighted by Crippen LogP contribution is -2.33. The Kier molecular flexibility index (Phi) is 10.0. The second-order valence-corrected chi connectivity index (χ2v) is 12.7. The van der Waals surface area contributed by atoms with E-state index in [9.17, 15) is 4.79 Å². The molecule has 0 unspecified atom stereocenters. The van der Waals surface area contributed by atoms with E-state index in [-0.39, 0.29) is 18.0 Å². The molecular formula is C31H54O2. The molecule has 4 aliphatic carbocycles. The second-order valence-electron chi connectivity index (χ2n) is 12.7. The topological polar surface area (TPSA) is 26.3 Å². The highest BCUT2D eigenvalue weighted by molar-refractivity contribution is 5.72. The lowest BCUT2D eigenvalue weighted by molar-refractivity contribution is -0.158. The first kappa shape index (κ1) is 25.6. The third-order valence-electron chi connectivity index (χ3n) is 10.6. The van der Waals surface area contributed by atoms with E-state index in [0.29, 0.717) is 0 Å². The van der Waals surface area contributed by atoms with Crippen molar-refractivity contribution < 1.29 is 9.53 Å². The van der Waals surface area contributed by atoms with Gasteiger partial charge in [-0.05, 0) is 113 Å². The van der Waals surface area contributed by atoms with Crippen LogP contribution in [0.1, 0.15) is 142 Å². The molecule has 0 bridgehead atoms. The van der Waals surface area contributed by atoms with E-state index >= 15 is 0 Å². The highest BCUT2D eigenvalue weighted by Crippen LogP contribution is 2.44. The minimum atomic E-state index is 0.156. The van der Waals surface area contributed by atoms with Gasteiger partial charge >= 0.3 is 5.97 Å². The van der Waals surface area contributed by atoms with Crippen molar-refractivity contribution in [2.24, 2.45) is 41.4 Å². The first-order chi connectivity index (χ1) is 16.2. The van der Waals surface area contributed by atoms with Gasteiger partial charge in [-0.2, -0.15) is 0 Å². The summed E-state index contributed by atoms with van der Waals surface area (Å²) in [7, 11) is 0. The maximum absolute atomic E-state index is 12.9. The molecule has 0 aromatic rings. The summed E-state index contributed by atoms with van der Waals surface area (Å²) < 4.78 is 6.10. The SMILES string of the molecule is CCCC1CCC(C2CCC(OC(=O)C3CCC(C4CCC(CCC)CC4)CC3)CC2)CC1. The quantitative estimate of drug-likeness (QED) is 0.339. The Bertz CT molecular complexity index is 553. The fourth-order valence-corrected chi connectivity index (χ4v) is 8.48. The molecule has 0 aromatic heterocycles. The smallest absolute Gasteiger partial charge is 0.309 e. The van der Waals surface area contributed by atoms with Gasteiger partial charge in [0, 0.05) is 0 Å². The van der Waals surface area contributed by atoms with Crippen molar-refractivity contribution in [2.45, 2.75) is 148 Å². The monoisotopic (exact) mass is 458 g/mol. The predicted molar refractivity (Wildman–Crippen MR) is 138 cm³/mol. The fraction of sp³-hybridized carbons (Fsp3) is 0.968. The Labute approximate surface area is 205 Å². The summed E-state index contributed by atoms with van der Waals surface area (Å²) in [5.74, 6) is 6.07. The van der Waals surface area contributed by atoms with Crippen LogP contribution in [0.5, 0.6) is 0 Å². The van der Waals surface area contributed by atoms with Gasteiger partial charge in [-0.25, -0.2) is 0 Å². The molecule has 4 fully saturated rings. The largest absolute Gasteiger partial charge is 0.462 e. The molecule has 0 aliphatic heterocycles. The fourth-order valence-electron chi connectivity index (χ4n) is 8.48. The summed E-state index contributed by atoms with van der Waals surface area (Å²) in [6.45, 7) is 4.66. The van der Waals surface area contributed by atoms with Crippen molar-refractivity contribution in [3.63, 3.8) is 0 Å². The molecule has 0 aromatic carbocycles. The normalized spacial score (nSPS) is 40.3. The lowest BCUT2D eigenvalue weighted by atomic mass is 9.68. The minimum Gasteiger partial charge on any atom is -0.462 e. The van der Waals surface area contributed by atoms with Crippen molar-refractivity contribution in [1.29, 1.82) is 0 Å². The number of esters is 1. The molecule has 0 saturated heterocycles. The first-order valence-electron chi connectivity index (χ1n) is 15.4. The third-order valence-corrected chi connectivity index (χ3v) is 10.6. The van der Waals surface area contributed by atoms with Crippen LogP contribution in [-0.2, 0) is 9.53 Å². The van der Waals surface area contributed by atoms with Crippen LogP contribution < -0.4 is 0 Å². The van der Waals surface area contributed by atoms with Crippen molar-refractivity contribution in [1.82, 2.24) is 0 Å². The predicted octanol–water partition coefficient (Wildman–Crippen LogP) is 9.11. The van der Waals surface area contributed by atoms with Gasteiger partial charge in [-0.3, -0.25) is 4.79 Å². The average Bonchev–Trinajstić information content (AvgIpc) is 2.86. The van der Waals surface area contributed by atoms with Crippen LogP contribution in [0.15, 0.2) is 0 Å². The molecule has 0 heterocycles. The molecule has 0 amide bonds. The maximum Gasteiger partial charge on any atom is 0.309 e. The van der Waals surface area contributed by atoms with Gasteiger partial charge < -0.3 is 4.74 Å². The molecule has 2 heteroatoms. The van der Waals surface area contributed by atoms with Crippen LogP contribution in [-0.4, -0.2) is 12.1 Å². The lowest BCUT2D eigenvalue weighted by Gasteiger charge is -2.39. The van der Waals surface area contributed by atoms with E-state index in [1.165, 1.54) is 103 Å². The first-order valence-corrected chi connectivity index (χ1v) is 15.4. The molecule has 33 heavy (non-hydrogen) atoms. The van der Waals surface area contributed by atoms with Gasteiger partial charge in [-0.1, -0.05) is 65.2 Å². The Hall–Kier alpha value is -0.530. The number of ether oxygens (including phenoxy) is 1. The third kappa shape index (κ3) is 7.23. The maximum atomic E-state index is 12.9. The van der Waals surface area contributed by atoms with E-state index in [1.807, 2.05) is 0 Å². The summed E-state index contributed by atoms with van der Waals surface area (Å²) >= 11 is 0. The van der Waals surface area contributed by atoms with Crippen LogP contribution in [0.2, 0.25) is 0 Å². The van der Waals surface area contributed by atoms with Crippen LogP contribution in [0, 0.1) is 41.4 Å². The van der Waals surface area contributed by atoms with Gasteiger partial charge in [0.25, 0.3) is 0 Å². The zero-order chi connectivity index (χ0) is 23.0. The Morgan fingerprint density at radius 2 is 0.909 bits per heavy atom. The summed E-state index contributed by atoms with van der Waals surface area (Å²) in [6, 6.07) is 0. The van der Waals surface area contributed by atoms with Crippen LogP contribution in [0.4, 0.5) is 0 Å². The van der Waals surface area contributed by atoms with Crippen LogP contribution >= 0.6 is 0 Å². The van der Waals surface area contributed by atoms with Crippen molar-refractivity contribution in [3.05, 3.63) is 0 Å². The number of rotatable bonds is 8. The van der Waals surface area contributed by atoms with E-state index in [1.54, 1.807) is 0 Å². The molecule has 4 aliphatic rings. The minimum absolute atomic E-state index is 0.156. The number of hydrogen-bond acceptors (Lipinski definition) is 2. The number of carbonyl (C=O) groups excluding carboxylic acids is 1. The van der Waals surface area contributed by atoms with Gasteiger partial charge in [-0.15, -0.1) is 0 Å². The molecule has 4 rings (SSSR count). The van der Waals surface area contributed by atoms with Crippen molar-refractivity contribution >= 4 is 5.97 Å². The van der Waals surface area contributed by atoms with E-state index in [4.69, 9.17) is 4.74 Å². The van der Waals surface area contributed by atoms with Gasteiger partial charge in [0.15, 0.2) is 0 Å². The Morgan fingerprint density at radius 1 is 0.545 bits per heavy atom. The Morgan fingerprint density at radius 3 is 1.30 bits per heavy atom. The van der Waals surface area contributed by atoms with E-state index in [2.05, 4.69) is 13.8 Å². The number of carbonyl (C=O) groups is 1. The Balaban J connectivity index is 1.11. The highest BCUT2D eigenvalue weighted by atomic mass is 16.5. The summed E-state index contributed by atoms with van der Waals surface area (Å²) in [5.41, 5.74) is 0. The molecule has 0 radical (unpaired) electrons. The zero-order valence-electron chi connectivity index (χ0n) is 22.1. The second kappa shape index (κ2) is 13.0. The molecule has 2 nitrogen and oxygen atoms in total. The summed E-state index contributed by atoms with van der Waals surface area (Å²) in [5, 5.41) is 0. The van der Waals surface area contributed by atoms with Crippen molar-refractivity contribution in [3.8, 4) is 0 Å². The summed E-state index contributed by atoms with van der Waals surface area (Å²) in [4.78, 5) is 12.9. The summed E-state index contributed by atoms with van der Waals surface area (Å²) in [6.07, 6.45) is 27.1. The molecular weight excluding hydrogens is 404 g/mol. The molecule has 190 valence electrons. The molecule has 0 spiro atoms. The number of hydrogen-bond donors (Lipinski definition) is 0. The van der Waals surface area contributed by atoms with Crippen LogP contribution in [0.3, 0.4) is 0 Å². The van der Waals surface area contributed by atoms with Crippen LogP contribution in [0.25, 0.3) is 0 Å². The molecule has 0 N–H and O–H groups in total. The highest BCUT2D eigenvalue weighted by Gasteiger charge is 2.36. The average molecular weight is 459 g/mol. The molecule has 4 saturated carbocycles. The van der Waals surface area contributed by atoms with E-state index < -0.39 is 0 Å². The zero-order valence-corrected chi connectivity index (χ0v) is 22.1. The van der Waals surface area contributed by atoms with Crippen molar-refractivity contribution in [2.75, 3.05) is 0 Å². The molecule has 0 atom stereocenters. The van der Waals surface area contributed by atoms with Gasteiger partial charge in [0.1, 0.15) is 6.10 Å². The standard InChI is InChI=1S/C31H54O2/c1-3-5-23-7-11-25(12-8-23)27-15-17-29(18-16-27)31(32)33-30-21-19-28(20-22-30)26-13-9-24(6-4-2)10-14-26/h23-30H,3-22H2,1-2H3.